The van der Waals surface area contributed by atoms with E-state index in [2.05, 4.69) is 12.6 Å². The summed E-state index contributed by atoms with van der Waals surface area (Å²) in [6, 6.07) is 6.09. The number of rotatable bonds is 4. The highest BCUT2D eigenvalue weighted by molar-refractivity contribution is 7.96. The van der Waals surface area contributed by atoms with E-state index in [-0.39, 0.29) is 6.42 Å². The average molecular weight is 224 g/mol. The van der Waals surface area contributed by atoms with Crippen LogP contribution < -0.4 is 11.5 Å². The molecule has 0 fully saturated rings. The molecular formula is C10H12N2O2S. The zero-order valence-electron chi connectivity index (χ0n) is 8.01. The van der Waals surface area contributed by atoms with Crippen LogP contribution in [0.3, 0.4) is 0 Å². The van der Waals surface area contributed by atoms with Crippen LogP contribution >= 0.6 is 12.6 Å². The summed E-state index contributed by atoms with van der Waals surface area (Å²) in [5, 5.41) is -0.391. The van der Waals surface area contributed by atoms with Crippen LogP contribution in [0, 0.1) is 0 Å². The van der Waals surface area contributed by atoms with Gasteiger partial charge in [-0.1, -0.05) is 24.3 Å². The van der Waals surface area contributed by atoms with E-state index in [0.29, 0.717) is 5.56 Å². The molecule has 4 N–H and O–H groups in total. The van der Waals surface area contributed by atoms with Gasteiger partial charge in [-0.15, -0.1) is 12.6 Å². The molecule has 1 aromatic rings. The summed E-state index contributed by atoms with van der Waals surface area (Å²) in [7, 11) is 0. The fraction of sp³-hybridized carbons (Fsp3) is 0.200. The summed E-state index contributed by atoms with van der Waals surface area (Å²) < 4.78 is 0. The molecule has 1 atom stereocenters. The van der Waals surface area contributed by atoms with Crippen LogP contribution in [0.25, 0.3) is 0 Å². The highest BCUT2D eigenvalue weighted by atomic mass is 32.1. The van der Waals surface area contributed by atoms with Gasteiger partial charge >= 0.3 is 0 Å². The zero-order chi connectivity index (χ0) is 11.4. The molecule has 0 aliphatic rings. The van der Waals surface area contributed by atoms with Crippen LogP contribution in [0.15, 0.2) is 24.3 Å². The molecule has 5 heteroatoms. The van der Waals surface area contributed by atoms with E-state index < -0.39 is 17.1 Å². The number of hydrogen-bond donors (Lipinski definition) is 3. The Balaban J connectivity index is 2.80. The number of carbonyl (C=O) groups is 2. The molecule has 1 rings (SSSR count). The minimum absolute atomic E-state index is 0.185. The fourth-order valence-electron chi connectivity index (χ4n) is 1.19. The quantitative estimate of drug-likeness (QED) is 0.637. The van der Waals surface area contributed by atoms with Crippen LogP contribution in [0.2, 0.25) is 0 Å². The highest BCUT2D eigenvalue weighted by Gasteiger charge is 2.11. The van der Waals surface area contributed by atoms with Gasteiger partial charge in [-0.05, 0) is 11.1 Å². The molecule has 0 aliphatic carbocycles. The topological polar surface area (TPSA) is 86.2 Å². The smallest absolute Gasteiger partial charge is 0.221 e. The van der Waals surface area contributed by atoms with Crippen molar-refractivity contribution in [3.8, 4) is 0 Å². The Bertz CT molecular complexity index is 376. The molecule has 15 heavy (non-hydrogen) atoms. The first-order valence-corrected chi connectivity index (χ1v) is 4.81. The van der Waals surface area contributed by atoms with Gasteiger partial charge in [0.2, 0.25) is 11.0 Å². The Morgan fingerprint density at radius 3 is 2.20 bits per heavy atom. The maximum absolute atomic E-state index is 10.9. The SMILES string of the molecule is NC(=O)Cc1ccc([C@@H](N)C(=O)S)cc1. The zero-order valence-corrected chi connectivity index (χ0v) is 8.91. The average Bonchev–Trinajstić information content (AvgIpc) is 2.17. The van der Waals surface area contributed by atoms with Gasteiger partial charge in [-0.3, -0.25) is 9.59 Å². The lowest BCUT2D eigenvalue weighted by Crippen LogP contribution is -2.17. The summed E-state index contributed by atoms with van der Waals surface area (Å²) in [5.41, 5.74) is 12.1. The van der Waals surface area contributed by atoms with Crippen LogP contribution in [0.1, 0.15) is 17.2 Å². The van der Waals surface area contributed by atoms with Crippen LogP contribution in [0.5, 0.6) is 0 Å². The van der Waals surface area contributed by atoms with Crippen molar-refractivity contribution in [3.63, 3.8) is 0 Å². The van der Waals surface area contributed by atoms with Crippen molar-refractivity contribution in [3.05, 3.63) is 35.4 Å². The summed E-state index contributed by atoms with van der Waals surface area (Å²) in [6.45, 7) is 0. The van der Waals surface area contributed by atoms with Crippen LogP contribution in [-0.2, 0) is 16.0 Å². The minimum atomic E-state index is -0.726. The molecule has 1 amide bonds. The molecule has 0 spiro atoms. The van der Waals surface area contributed by atoms with E-state index >= 15 is 0 Å². The fourth-order valence-corrected chi connectivity index (χ4v) is 1.34. The Kier molecular flexibility index (Phi) is 3.88. The molecule has 0 aliphatic heterocycles. The van der Waals surface area contributed by atoms with E-state index in [4.69, 9.17) is 11.5 Å². The normalized spacial score (nSPS) is 12.1. The molecular weight excluding hydrogens is 212 g/mol. The van der Waals surface area contributed by atoms with Gasteiger partial charge in [0.1, 0.15) is 0 Å². The summed E-state index contributed by atoms with van der Waals surface area (Å²) in [5.74, 6) is -0.391. The van der Waals surface area contributed by atoms with E-state index in [0.717, 1.165) is 5.56 Å². The van der Waals surface area contributed by atoms with Gasteiger partial charge in [-0.2, -0.15) is 0 Å². The number of hydrogen-bond acceptors (Lipinski definition) is 3. The highest BCUT2D eigenvalue weighted by Crippen LogP contribution is 2.14. The Hall–Kier alpha value is -1.33. The van der Waals surface area contributed by atoms with Gasteiger partial charge < -0.3 is 11.5 Å². The van der Waals surface area contributed by atoms with Crippen molar-refractivity contribution in [1.82, 2.24) is 0 Å². The lowest BCUT2D eigenvalue weighted by Gasteiger charge is -2.07. The molecule has 0 aromatic heterocycles. The molecule has 0 radical (unpaired) electrons. The summed E-state index contributed by atoms with van der Waals surface area (Å²) in [6.07, 6.45) is 0.185. The second-order valence-corrected chi connectivity index (χ2v) is 3.64. The first-order chi connectivity index (χ1) is 7.00. The predicted molar refractivity (Wildman–Crippen MR) is 60.3 cm³/mol. The lowest BCUT2D eigenvalue weighted by atomic mass is 10.0. The van der Waals surface area contributed by atoms with Gasteiger partial charge in [0.25, 0.3) is 0 Å². The number of carbonyl (C=O) groups excluding carboxylic acids is 2. The standard InChI is InChI=1S/C10H12N2O2S/c11-8(13)5-6-1-3-7(4-2-6)9(12)10(14)15/h1-4,9H,5,12H2,(H2,11,13)(H,14,15)/t9-/m1/s1. The van der Waals surface area contributed by atoms with Crippen molar-refractivity contribution in [2.24, 2.45) is 11.5 Å². The summed E-state index contributed by atoms with van der Waals surface area (Å²) in [4.78, 5) is 21.5. The molecule has 0 unspecified atom stereocenters. The Morgan fingerprint density at radius 2 is 1.80 bits per heavy atom. The third-order valence-electron chi connectivity index (χ3n) is 1.98. The molecule has 0 bridgehead atoms. The molecule has 0 heterocycles. The molecule has 1 aromatic carbocycles. The Morgan fingerprint density at radius 1 is 1.27 bits per heavy atom. The van der Waals surface area contributed by atoms with Crippen molar-refractivity contribution < 1.29 is 9.59 Å². The van der Waals surface area contributed by atoms with Crippen LogP contribution in [0.4, 0.5) is 0 Å². The maximum atomic E-state index is 10.9. The monoisotopic (exact) mass is 224 g/mol. The predicted octanol–water partition coefficient (Wildman–Crippen LogP) is 0.171. The van der Waals surface area contributed by atoms with Gasteiger partial charge in [-0.25, -0.2) is 0 Å². The van der Waals surface area contributed by atoms with Gasteiger partial charge in [0.15, 0.2) is 0 Å². The molecule has 4 nitrogen and oxygen atoms in total. The van der Waals surface area contributed by atoms with E-state index in [9.17, 15) is 9.59 Å². The molecule has 0 saturated carbocycles. The maximum Gasteiger partial charge on any atom is 0.221 e. The Labute approximate surface area is 93.0 Å². The first-order valence-electron chi connectivity index (χ1n) is 4.36. The van der Waals surface area contributed by atoms with Crippen molar-refractivity contribution in [2.75, 3.05) is 0 Å². The van der Waals surface area contributed by atoms with Crippen molar-refractivity contribution in [1.29, 1.82) is 0 Å². The third kappa shape index (κ3) is 3.38. The number of nitrogens with two attached hydrogens (primary N) is 2. The number of amides is 1. The van der Waals surface area contributed by atoms with Gasteiger partial charge in [0, 0.05) is 0 Å². The number of benzene rings is 1. The minimum Gasteiger partial charge on any atom is -0.369 e. The van der Waals surface area contributed by atoms with E-state index in [1.165, 1.54) is 0 Å². The first kappa shape index (κ1) is 11.7. The molecule has 80 valence electrons. The van der Waals surface area contributed by atoms with Crippen molar-refractivity contribution in [2.45, 2.75) is 12.5 Å². The lowest BCUT2D eigenvalue weighted by molar-refractivity contribution is -0.117. The summed E-state index contributed by atoms with van der Waals surface area (Å²) >= 11 is 3.65. The number of thiol groups is 1. The largest absolute Gasteiger partial charge is 0.369 e. The van der Waals surface area contributed by atoms with E-state index in [1.54, 1.807) is 24.3 Å². The number of primary amides is 1. The van der Waals surface area contributed by atoms with Gasteiger partial charge in [0.05, 0.1) is 12.5 Å². The third-order valence-corrected chi connectivity index (χ3v) is 2.26. The van der Waals surface area contributed by atoms with E-state index in [1.807, 2.05) is 0 Å². The van der Waals surface area contributed by atoms with Crippen LogP contribution in [-0.4, -0.2) is 11.0 Å². The second-order valence-electron chi connectivity index (χ2n) is 3.20. The second kappa shape index (κ2) is 4.95. The van der Waals surface area contributed by atoms with Crippen molar-refractivity contribution >= 4 is 23.7 Å². The molecule has 0 saturated heterocycles.